The molecule has 1 aromatic rings. The first-order valence-electron chi connectivity index (χ1n) is 5.71. The molecule has 0 spiro atoms. The summed E-state index contributed by atoms with van der Waals surface area (Å²) < 4.78 is 0. The van der Waals surface area contributed by atoms with Crippen LogP contribution < -0.4 is 5.32 Å². The minimum Gasteiger partial charge on any atom is -0.306 e. The highest BCUT2D eigenvalue weighted by atomic mass is 35.5. The Kier molecular flexibility index (Phi) is 5.60. The molecule has 1 N–H and O–H groups in total. The lowest BCUT2D eigenvalue weighted by Gasteiger charge is -2.31. The van der Waals surface area contributed by atoms with E-state index in [-0.39, 0.29) is 5.54 Å². The van der Waals surface area contributed by atoms with Gasteiger partial charge in [0.1, 0.15) is 0 Å². The Morgan fingerprint density at radius 3 is 2.12 bits per heavy atom. The van der Waals surface area contributed by atoms with Crippen molar-refractivity contribution in [3.8, 4) is 0 Å². The first kappa shape index (κ1) is 13.8. The van der Waals surface area contributed by atoms with Gasteiger partial charge in [-0.25, -0.2) is 0 Å². The van der Waals surface area contributed by atoms with Crippen LogP contribution in [-0.2, 0) is 6.54 Å². The summed E-state index contributed by atoms with van der Waals surface area (Å²) in [5.41, 5.74) is 1.29. The third-order valence-corrected chi connectivity index (χ3v) is 3.95. The predicted molar refractivity (Wildman–Crippen MR) is 72.3 cm³/mol. The summed E-state index contributed by atoms with van der Waals surface area (Å²) in [4.78, 5) is 0. The third kappa shape index (κ3) is 3.65. The largest absolute Gasteiger partial charge is 0.306 e. The van der Waals surface area contributed by atoms with Crippen LogP contribution in [0.1, 0.15) is 32.3 Å². The number of benzene rings is 1. The van der Waals surface area contributed by atoms with Crippen LogP contribution in [0.2, 0.25) is 5.02 Å². The van der Waals surface area contributed by atoms with Crippen LogP contribution in [0, 0.1) is 0 Å². The van der Waals surface area contributed by atoms with Crippen molar-refractivity contribution in [2.24, 2.45) is 0 Å². The molecule has 0 bridgehead atoms. The maximum Gasteiger partial charge on any atom is 0.0406 e. The molecule has 0 saturated carbocycles. The van der Waals surface area contributed by atoms with E-state index in [0.717, 1.165) is 24.4 Å². The third-order valence-electron chi connectivity index (χ3n) is 3.19. The smallest absolute Gasteiger partial charge is 0.0406 e. The molecule has 0 aliphatic carbocycles. The number of halogens is 2. The van der Waals surface area contributed by atoms with Crippen LogP contribution in [-0.4, -0.2) is 11.4 Å². The maximum atomic E-state index is 6.03. The molecule has 0 radical (unpaired) electrons. The molecule has 90 valence electrons. The summed E-state index contributed by atoms with van der Waals surface area (Å²) in [5.74, 6) is 0.646. The first-order chi connectivity index (χ1) is 7.65. The van der Waals surface area contributed by atoms with E-state index < -0.39 is 0 Å². The van der Waals surface area contributed by atoms with Gasteiger partial charge in [0.15, 0.2) is 0 Å². The molecule has 1 nitrogen and oxygen atoms in total. The van der Waals surface area contributed by atoms with Gasteiger partial charge in [0, 0.05) is 23.0 Å². The number of hydrogen-bond acceptors (Lipinski definition) is 1. The summed E-state index contributed by atoms with van der Waals surface area (Å²) in [6.07, 6.45) is 2.08. The molecule has 1 rings (SSSR count). The summed E-state index contributed by atoms with van der Waals surface area (Å²) in [7, 11) is 0. The van der Waals surface area contributed by atoms with Gasteiger partial charge in [0.05, 0.1) is 0 Å². The highest BCUT2D eigenvalue weighted by Crippen LogP contribution is 2.18. The second-order valence-corrected chi connectivity index (χ2v) is 4.80. The minimum atomic E-state index is 0.0567. The van der Waals surface area contributed by atoms with Crippen LogP contribution in [0.15, 0.2) is 24.3 Å². The van der Waals surface area contributed by atoms with E-state index in [1.807, 2.05) is 24.3 Å². The zero-order valence-corrected chi connectivity index (χ0v) is 11.4. The fourth-order valence-corrected chi connectivity index (χ4v) is 2.23. The molecule has 0 heterocycles. The average molecular weight is 260 g/mol. The number of rotatable bonds is 6. The second-order valence-electron chi connectivity index (χ2n) is 4.10. The van der Waals surface area contributed by atoms with E-state index in [0.29, 0.717) is 5.88 Å². The van der Waals surface area contributed by atoms with Gasteiger partial charge in [-0.05, 0) is 30.5 Å². The monoisotopic (exact) mass is 259 g/mol. The van der Waals surface area contributed by atoms with E-state index >= 15 is 0 Å². The number of alkyl halides is 1. The molecule has 0 amide bonds. The van der Waals surface area contributed by atoms with Gasteiger partial charge in [0.25, 0.3) is 0 Å². The van der Waals surface area contributed by atoms with E-state index in [1.165, 1.54) is 5.56 Å². The standard InChI is InChI=1S/C13H19Cl2N/c1-3-13(4-2,10-14)16-9-11-5-7-12(15)8-6-11/h5-8,16H,3-4,9-10H2,1-2H3. The maximum absolute atomic E-state index is 6.03. The Labute approximate surface area is 108 Å². The lowest BCUT2D eigenvalue weighted by atomic mass is 9.95. The molecule has 3 heteroatoms. The zero-order chi connectivity index (χ0) is 12.0. The van der Waals surface area contributed by atoms with Gasteiger partial charge < -0.3 is 5.32 Å². The van der Waals surface area contributed by atoms with Crippen molar-refractivity contribution in [1.82, 2.24) is 5.32 Å². The second kappa shape index (κ2) is 6.48. The lowest BCUT2D eigenvalue weighted by Crippen LogP contribution is -2.45. The van der Waals surface area contributed by atoms with Crippen molar-refractivity contribution < 1.29 is 0 Å². The average Bonchev–Trinajstić information content (AvgIpc) is 2.34. The van der Waals surface area contributed by atoms with E-state index in [9.17, 15) is 0 Å². The van der Waals surface area contributed by atoms with Crippen LogP contribution in [0.4, 0.5) is 0 Å². The molecule has 1 aromatic carbocycles. The molecule has 0 unspecified atom stereocenters. The Hall–Kier alpha value is -0.240. The van der Waals surface area contributed by atoms with Crippen molar-refractivity contribution in [3.05, 3.63) is 34.9 Å². The van der Waals surface area contributed by atoms with Crippen molar-refractivity contribution in [1.29, 1.82) is 0 Å². The molecular formula is C13H19Cl2N. The zero-order valence-electron chi connectivity index (χ0n) is 9.89. The number of hydrogen-bond donors (Lipinski definition) is 1. The topological polar surface area (TPSA) is 12.0 Å². The van der Waals surface area contributed by atoms with Gasteiger partial charge in [-0.15, -0.1) is 11.6 Å². The fourth-order valence-electron chi connectivity index (χ4n) is 1.63. The van der Waals surface area contributed by atoms with Crippen LogP contribution in [0.25, 0.3) is 0 Å². The fraction of sp³-hybridized carbons (Fsp3) is 0.538. The number of nitrogens with one attached hydrogen (secondary N) is 1. The lowest BCUT2D eigenvalue weighted by molar-refractivity contribution is 0.334. The van der Waals surface area contributed by atoms with Crippen molar-refractivity contribution in [2.75, 3.05) is 5.88 Å². The van der Waals surface area contributed by atoms with Crippen molar-refractivity contribution in [2.45, 2.75) is 38.8 Å². The molecule has 0 atom stereocenters. The van der Waals surface area contributed by atoms with Crippen molar-refractivity contribution >= 4 is 23.2 Å². The van der Waals surface area contributed by atoms with E-state index in [2.05, 4.69) is 19.2 Å². The highest BCUT2D eigenvalue weighted by molar-refractivity contribution is 6.30. The highest BCUT2D eigenvalue weighted by Gasteiger charge is 2.23. The molecule has 0 aliphatic rings. The Morgan fingerprint density at radius 2 is 1.69 bits per heavy atom. The van der Waals surface area contributed by atoms with Crippen LogP contribution in [0.5, 0.6) is 0 Å². The quantitative estimate of drug-likeness (QED) is 0.755. The van der Waals surface area contributed by atoms with Crippen LogP contribution in [0.3, 0.4) is 0 Å². The van der Waals surface area contributed by atoms with Gasteiger partial charge in [0.2, 0.25) is 0 Å². The normalized spacial score (nSPS) is 11.8. The molecule has 0 aliphatic heterocycles. The van der Waals surface area contributed by atoms with Crippen molar-refractivity contribution in [3.63, 3.8) is 0 Å². The van der Waals surface area contributed by atoms with E-state index in [4.69, 9.17) is 23.2 Å². The van der Waals surface area contributed by atoms with Gasteiger partial charge in [-0.2, -0.15) is 0 Å². The van der Waals surface area contributed by atoms with Gasteiger partial charge in [-0.1, -0.05) is 37.6 Å². The first-order valence-corrected chi connectivity index (χ1v) is 6.62. The molecule has 0 saturated heterocycles. The summed E-state index contributed by atoms with van der Waals surface area (Å²) in [6, 6.07) is 7.91. The molecule has 16 heavy (non-hydrogen) atoms. The van der Waals surface area contributed by atoms with Gasteiger partial charge >= 0.3 is 0 Å². The van der Waals surface area contributed by atoms with Crippen LogP contribution >= 0.6 is 23.2 Å². The van der Waals surface area contributed by atoms with Gasteiger partial charge in [-0.3, -0.25) is 0 Å². The van der Waals surface area contributed by atoms with E-state index in [1.54, 1.807) is 0 Å². The SMILES string of the molecule is CCC(CC)(CCl)NCc1ccc(Cl)cc1. The summed E-state index contributed by atoms with van der Waals surface area (Å²) in [6.45, 7) is 5.17. The summed E-state index contributed by atoms with van der Waals surface area (Å²) >= 11 is 11.9. The Morgan fingerprint density at radius 1 is 1.12 bits per heavy atom. The molecule has 0 fully saturated rings. The molecule has 0 aromatic heterocycles. The minimum absolute atomic E-state index is 0.0567. The molecular weight excluding hydrogens is 241 g/mol. The predicted octanol–water partition coefficient (Wildman–Crippen LogP) is 4.23. The summed E-state index contributed by atoms with van der Waals surface area (Å²) in [5, 5.41) is 4.32. The Bertz CT molecular complexity index is 296. The Balaban J connectivity index is 2.58.